The van der Waals surface area contributed by atoms with Gasteiger partial charge in [0.25, 0.3) is 5.91 Å². The lowest BCUT2D eigenvalue weighted by Crippen LogP contribution is -2.16. The molecule has 1 fully saturated rings. The third kappa shape index (κ3) is 4.24. The van der Waals surface area contributed by atoms with Crippen molar-refractivity contribution in [3.63, 3.8) is 0 Å². The Morgan fingerprint density at radius 1 is 0.935 bits per heavy atom. The molecule has 1 aliphatic rings. The first-order chi connectivity index (χ1) is 15.2. The molecule has 4 aromatic rings. The van der Waals surface area contributed by atoms with Gasteiger partial charge in [0, 0.05) is 17.3 Å². The highest BCUT2D eigenvalue weighted by Gasteiger charge is 2.29. The minimum Gasteiger partial charge on any atom is -0.326 e. The van der Waals surface area contributed by atoms with Crippen molar-refractivity contribution in [2.45, 2.75) is 12.8 Å². The molecule has 2 aromatic heterocycles. The van der Waals surface area contributed by atoms with Gasteiger partial charge in [0.2, 0.25) is 11.7 Å². The van der Waals surface area contributed by atoms with E-state index in [9.17, 15) is 9.59 Å². The fourth-order valence-corrected chi connectivity index (χ4v) is 3.87. The average Bonchev–Trinajstić information content (AvgIpc) is 3.31. The van der Waals surface area contributed by atoms with Crippen LogP contribution in [0.1, 0.15) is 23.5 Å². The smallest absolute Gasteiger partial charge is 0.295 e. The van der Waals surface area contributed by atoms with Gasteiger partial charge >= 0.3 is 0 Å². The first-order valence-electron chi connectivity index (χ1n) is 9.96. The monoisotopic (exact) mass is 429 g/mol. The molecule has 0 atom stereocenters. The molecule has 154 valence electrons. The lowest BCUT2D eigenvalue weighted by molar-refractivity contribution is -0.117. The van der Waals surface area contributed by atoms with Gasteiger partial charge in [-0.05, 0) is 54.6 Å². The van der Waals surface area contributed by atoms with E-state index in [0.29, 0.717) is 17.2 Å². The number of amides is 2. The Morgan fingerprint density at radius 2 is 1.71 bits per heavy atom. The van der Waals surface area contributed by atoms with Gasteiger partial charge < -0.3 is 10.6 Å². The molecule has 2 N–H and O–H groups in total. The number of aromatic nitrogens is 3. The van der Waals surface area contributed by atoms with Crippen LogP contribution in [0.3, 0.4) is 0 Å². The summed E-state index contributed by atoms with van der Waals surface area (Å²) in [5, 5.41) is 12.1. The fourth-order valence-electron chi connectivity index (χ4n) is 3.17. The number of nitrogens with zero attached hydrogens (tertiary/aromatic N) is 3. The number of carbonyl (C=O) groups excluding carboxylic acids is 2. The lowest BCUT2D eigenvalue weighted by Gasteiger charge is -2.07. The standard InChI is InChI=1S/C23H19N5O2S/c29-22(15-11-12-15)24-16-6-4-7-17(14-16)25-23(30)20-26-21(19-10-5-13-31-19)28(27-20)18-8-2-1-3-9-18/h1-10,13-15H,11-12H2,(H,24,29)(H,25,30). The Bertz CT molecular complexity index is 1230. The zero-order chi connectivity index (χ0) is 21.2. The van der Waals surface area contributed by atoms with E-state index in [-0.39, 0.29) is 17.6 Å². The van der Waals surface area contributed by atoms with Crippen LogP contribution in [-0.2, 0) is 4.79 Å². The number of para-hydroxylation sites is 1. The summed E-state index contributed by atoms with van der Waals surface area (Å²) in [6.07, 6.45) is 1.87. The Morgan fingerprint density at radius 3 is 2.42 bits per heavy atom. The van der Waals surface area contributed by atoms with Crippen molar-refractivity contribution >= 4 is 34.5 Å². The summed E-state index contributed by atoms with van der Waals surface area (Å²) in [4.78, 5) is 30.3. The second kappa shape index (κ2) is 8.16. The van der Waals surface area contributed by atoms with Crippen molar-refractivity contribution in [1.82, 2.24) is 14.8 Å². The third-order valence-corrected chi connectivity index (χ3v) is 5.75. The zero-order valence-electron chi connectivity index (χ0n) is 16.5. The summed E-state index contributed by atoms with van der Waals surface area (Å²) in [6, 6.07) is 20.5. The number of carbonyl (C=O) groups is 2. The van der Waals surface area contributed by atoms with Crippen molar-refractivity contribution in [1.29, 1.82) is 0 Å². The first kappa shape index (κ1) is 19.2. The number of benzene rings is 2. The molecule has 0 unspecified atom stereocenters. The SMILES string of the molecule is O=C(Nc1cccc(NC(=O)C2CC2)c1)c1nc(-c2cccs2)n(-c2ccccc2)n1. The summed E-state index contributed by atoms with van der Waals surface area (Å²) in [6.45, 7) is 0. The van der Waals surface area contributed by atoms with Crippen LogP contribution in [0.25, 0.3) is 16.4 Å². The van der Waals surface area contributed by atoms with E-state index in [1.807, 2.05) is 47.8 Å². The average molecular weight is 430 g/mol. The topological polar surface area (TPSA) is 88.9 Å². The molecule has 1 aliphatic carbocycles. The van der Waals surface area contributed by atoms with Gasteiger partial charge in [0.1, 0.15) is 0 Å². The highest BCUT2D eigenvalue weighted by molar-refractivity contribution is 7.13. The van der Waals surface area contributed by atoms with Crippen LogP contribution in [0.15, 0.2) is 72.1 Å². The summed E-state index contributed by atoms with van der Waals surface area (Å²) < 4.78 is 1.67. The first-order valence-corrected chi connectivity index (χ1v) is 10.8. The Hall–Kier alpha value is -3.78. The van der Waals surface area contributed by atoms with E-state index < -0.39 is 5.91 Å². The number of hydrogen-bond acceptors (Lipinski definition) is 5. The minimum atomic E-state index is -0.418. The van der Waals surface area contributed by atoms with Gasteiger partial charge in [0.15, 0.2) is 5.82 Å². The highest BCUT2D eigenvalue weighted by Crippen LogP contribution is 2.30. The molecular formula is C23H19N5O2S. The number of anilines is 2. The van der Waals surface area contributed by atoms with Crippen LogP contribution in [0.5, 0.6) is 0 Å². The van der Waals surface area contributed by atoms with Crippen molar-refractivity contribution in [3.05, 3.63) is 77.9 Å². The molecule has 2 heterocycles. The molecule has 1 saturated carbocycles. The Balaban J connectivity index is 1.40. The van der Waals surface area contributed by atoms with Crippen LogP contribution in [0, 0.1) is 5.92 Å². The molecule has 0 bridgehead atoms. The second-order valence-corrected chi connectivity index (χ2v) is 8.23. The van der Waals surface area contributed by atoms with Gasteiger partial charge in [-0.25, -0.2) is 9.67 Å². The molecule has 0 saturated heterocycles. The van der Waals surface area contributed by atoms with Crippen molar-refractivity contribution < 1.29 is 9.59 Å². The van der Waals surface area contributed by atoms with Crippen molar-refractivity contribution in [3.8, 4) is 16.4 Å². The fraction of sp³-hybridized carbons (Fsp3) is 0.130. The summed E-state index contributed by atoms with van der Waals surface area (Å²) in [7, 11) is 0. The van der Waals surface area contributed by atoms with E-state index in [0.717, 1.165) is 23.4 Å². The Labute approximate surface area is 182 Å². The lowest BCUT2D eigenvalue weighted by atomic mass is 10.2. The summed E-state index contributed by atoms with van der Waals surface area (Å²) in [5.74, 6) is 0.391. The second-order valence-electron chi connectivity index (χ2n) is 7.28. The maximum Gasteiger partial charge on any atom is 0.295 e. The molecule has 8 heteroatoms. The predicted octanol–water partition coefficient (Wildman–Crippen LogP) is 4.60. The van der Waals surface area contributed by atoms with Gasteiger partial charge in [-0.3, -0.25) is 9.59 Å². The van der Waals surface area contributed by atoms with E-state index in [1.165, 1.54) is 11.3 Å². The van der Waals surface area contributed by atoms with Gasteiger partial charge in [-0.15, -0.1) is 16.4 Å². The van der Waals surface area contributed by atoms with Crippen LogP contribution >= 0.6 is 11.3 Å². The molecule has 0 radical (unpaired) electrons. The zero-order valence-corrected chi connectivity index (χ0v) is 17.3. The molecule has 31 heavy (non-hydrogen) atoms. The normalized spacial score (nSPS) is 13.0. The molecule has 0 spiro atoms. The van der Waals surface area contributed by atoms with Crippen LogP contribution in [-0.4, -0.2) is 26.6 Å². The quantitative estimate of drug-likeness (QED) is 0.469. The predicted molar refractivity (Wildman–Crippen MR) is 120 cm³/mol. The van der Waals surface area contributed by atoms with Crippen molar-refractivity contribution in [2.24, 2.45) is 5.92 Å². The van der Waals surface area contributed by atoms with E-state index in [1.54, 1.807) is 28.9 Å². The number of rotatable bonds is 6. The number of nitrogens with one attached hydrogen (secondary N) is 2. The molecule has 5 rings (SSSR count). The van der Waals surface area contributed by atoms with Crippen LogP contribution < -0.4 is 10.6 Å². The molecule has 2 aromatic carbocycles. The van der Waals surface area contributed by atoms with Gasteiger partial charge in [-0.1, -0.05) is 30.3 Å². The highest BCUT2D eigenvalue weighted by atomic mass is 32.1. The number of hydrogen-bond donors (Lipinski definition) is 2. The van der Waals surface area contributed by atoms with Crippen LogP contribution in [0.2, 0.25) is 0 Å². The maximum absolute atomic E-state index is 12.9. The summed E-state index contributed by atoms with van der Waals surface area (Å²) in [5.41, 5.74) is 2.03. The molecule has 2 amide bonds. The van der Waals surface area contributed by atoms with Gasteiger partial charge in [0.05, 0.1) is 10.6 Å². The maximum atomic E-state index is 12.9. The van der Waals surface area contributed by atoms with E-state index >= 15 is 0 Å². The minimum absolute atomic E-state index is 0.0207. The molecule has 0 aliphatic heterocycles. The largest absolute Gasteiger partial charge is 0.326 e. The van der Waals surface area contributed by atoms with E-state index in [4.69, 9.17) is 0 Å². The summed E-state index contributed by atoms with van der Waals surface area (Å²) >= 11 is 1.53. The molecule has 7 nitrogen and oxygen atoms in total. The molecular weight excluding hydrogens is 410 g/mol. The third-order valence-electron chi connectivity index (χ3n) is 4.89. The van der Waals surface area contributed by atoms with Crippen LogP contribution in [0.4, 0.5) is 11.4 Å². The Kier molecular flexibility index (Phi) is 5.05. The van der Waals surface area contributed by atoms with Crippen molar-refractivity contribution in [2.75, 3.05) is 10.6 Å². The number of thiophene rings is 1. The van der Waals surface area contributed by atoms with E-state index in [2.05, 4.69) is 20.7 Å². The van der Waals surface area contributed by atoms with Gasteiger partial charge in [-0.2, -0.15) is 0 Å².